The van der Waals surface area contributed by atoms with Crippen LogP contribution in [-0.4, -0.2) is 42.4 Å². The second kappa shape index (κ2) is 7.65. The SMILES string of the molecule is O=S(=O)(Cc1ccc(F)cc1)c1nnc(C2CCCN2)n1CC1CCCO1. The summed E-state index contributed by atoms with van der Waals surface area (Å²) >= 11 is 0. The van der Waals surface area contributed by atoms with Crippen molar-refractivity contribution in [2.24, 2.45) is 0 Å². The molecule has 0 radical (unpaired) electrons. The number of hydrogen-bond acceptors (Lipinski definition) is 6. The van der Waals surface area contributed by atoms with Gasteiger partial charge in [-0.05, 0) is 49.9 Å². The molecule has 2 aliphatic heterocycles. The summed E-state index contributed by atoms with van der Waals surface area (Å²) in [7, 11) is -3.72. The van der Waals surface area contributed by atoms with E-state index in [1.807, 2.05) is 0 Å². The third-order valence-corrected chi connectivity index (χ3v) is 6.65. The lowest BCUT2D eigenvalue weighted by Gasteiger charge is -2.17. The zero-order valence-electron chi connectivity index (χ0n) is 15.0. The van der Waals surface area contributed by atoms with Gasteiger partial charge < -0.3 is 10.1 Å². The Morgan fingerprint density at radius 3 is 2.67 bits per heavy atom. The van der Waals surface area contributed by atoms with Gasteiger partial charge in [0.05, 0.1) is 24.4 Å². The molecule has 0 amide bonds. The van der Waals surface area contributed by atoms with E-state index in [1.54, 1.807) is 4.57 Å². The van der Waals surface area contributed by atoms with E-state index < -0.39 is 15.7 Å². The summed E-state index contributed by atoms with van der Waals surface area (Å²) in [6, 6.07) is 5.49. The van der Waals surface area contributed by atoms with E-state index in [9.17, 15) is 12.8 Å². The van der Waals surface area contributed by atoms with E-state index in [0.29, 0.717) is 24.5 Å². The van der Waals surface area contributed by atoms with E-state index >= 15 is 0 Å². The smallest absolute Gasteiger partial charge is 0.250 e. The Kier molecular flexibility index (Phi) is 5.25. The van der Waals surface area contributed by atoms with E-state index in [0.717, 1.165) is 32.2 Å². The molecule has 3 heterocycles. The third kappa shape index (κ3) is 4.04. The van der Waals surface area contributed by atoms with Crippen LogP contribution in [0.3, 0.4) is 0 Å². The molecule has 0 bridgehead atoms. The van der Waals surface area contributed by atoms with E-state index in [1.165, 1.54) is 24.3 Å². The lowest BCUT2D eigenvalue weighted by Crippen LogP contribution is -2.25. The molecule has 2 saturated heterocycles. The van der Waals surface area contributed by atoms with Crippen molar-refractivity contribution in [3.8, 4) is 0 Å². The monoisotopic (exact) mass is 394 g/mol. The van der Waals surface area contributed by atoms with Crippen molar-refractivity contribution in [1.29, 1.82) is 0 Å². The number of sulfone groups is 1. The molecule has 7 nitrogen and oxygen atoms in total. The van der Waals surface area contributed by atoms with Crippen molar-refractivity contribution >= 4 is 9.84 Å². The topological polar surface area (TPSA) is 86.1 Å². The fourth-order valence-electron chi connectivity index (χ4n) is 3.72. The predicted molar refractivity (Wildman–Crippen MR) is 96.3 cm³/mol. The lowest BCUT2D eigenvalue weighted by atomic mass is 10.2. The minimum absolute atomic E-state index is 0.00803. The number of rotatable bonds is 6. The molecule has 0 saturated carbocycles. The van der Waals surface area contributed by atoms with Gasteiger partial charge in [0.1, 0.15) is 5.82 Å². The Hall–Kier alpha value is -1.84. The minimum Gasteiger partial charge on any atom is -0.376 e. The number of aromatic nitrogens is 3. The molecule has 1 N–H and O–H groups in total. The first kappa shape index (κ1) is 18.5. The van der Waals surface area contributed by atoms with Gasteiger partial charge in [0, 0.05) is 6.61 Å². The Bertz CT molecular complexity index is 886. The first-order valence-electron chi connectivity index (χ1n) is 9.28. The number of ether oxygens (including phenoxy) is 1. The fourth-order valence-corrected chi connectivity index (χ4v) is 5.15. The molecular weight excluding hydrogens is 371 g/mol. The molecule has 2 fully saturated rings. The molecule has 2 aliphatic rings. The highest BCUT2D eigenvalue weighted by atomic mass is 32.2. The standard InChI is InChI=1S/C18H23FN4O3S/c19-14-7-5-13(6-8-14)12-27(24,25)18-22-21-17(16-4-1-9-20-16)23(18)11-15-3-2-10-26-15/h5-8,15-16,20H,1-4,9-12H2. The lowest BCUT2D eigenvalue weighted by molar-refractivity contribution is 0.0936. The van der Waals surface area contributed by atoms with Gasteiger partial charge in [0.15, 0.2) is 5.82 Å². The predicted octanol–water partition coefficient (Wildman–Crippen LogP) is 1.99. The van der Waals surface area contributed by atoms with Gasteiger partial charge in [-0.25, -0.2) is 12.8 Å². The normalized spacial score (nSPS) is 23.1. The van der Waals surface area contributed by atoms with Crippen LogP contribution in [0, 0.1) is 5.82 Å². The molecule has 2 atom stereocenters. The van der Waals surface area contributed by atoms with Gasteiger partial charge in [-0.3, -0.25) is 4.57 Å². The zero-order valence-corrected chi connectivity index (χ0v) is 15.8. The third-order valence-electron chi connectivity index (χ3n) is 5.08. The highest BCUT2D eigenvalue weighted by molar-refractivity contribution is 7.90. The quantitative estimate of drug-likeness (QED) is 0.807. The van der Waals surface area contributed by atoms with Gasteiger partial charge in [-0.1, -0.05) is 12.1 Å². The molecule has 4 rings (SSSR count). The van der Waals surface area contributed by atoms with Crippen LogP contribution in [0.25, 0.3) is 0 Å². The maximum Gasteiger partial charge on any atom is 0.250 e. The molecule has 27 heavy (non-hydrogen) atoms. The van der Waals surface area contributed by atoms with Crippen molar-refractivity contribution in [3.63, 3.8) is 0 Å². The fraction of sp³-hybridized carbons (Fsp3) is 0.556. The van der Waals surface area contributed by atoms with Gasteiger partial charge in [0.2, 0.25) is 15.0 Å². The molecular formula is C18H23FN4O3S. The first-order valence-corrected chi connectivity index (χ1v) is 10.9. The summed E-state index contributed by atoms with van der Waals surface area (Å²) in [5.41, 5.74) is 0.517. The van der Waals surface area contributed by atoms with Crippen LogP contribution >= 0.6 is 0 Å². The Morgan fingerprint density at radius 2 is 2.00 bits per heavy atom. The average molecular weight is 394 g/mol. The second-order valence-corrected chi connectivity index (χ2v) is 9.00. The largest absolute Gasteiger partial charge is 0.376 e. The number of nitrogens with one attached hydrogen (secondary N) is 1. The maximum absolute atomic E-state index is 13.1. The summed E-state index contributed by atoms with van der Waals surface area (Å²) in [6.07, 6.45) is 3.77. The van der Waals surface area contributed by atoms with Crippen LogP contribution < -0.4 is 5.32 Å². The van der Waals surface area contributed by atoms with Crippen LogP contribution in [-0.2, 0) is 26.9 Å². The summed E-state index contributed by atoms with van der Waals surface area (Å²) in [5.74, 6) is 0.0163. The molecule has 1 aromatic carbocycles. The van der Waals surface area contributed by atoms with Crippen molar-refractivity contribution < 1.29 is 17.5 Å². The minimum atomic E-state index is -3.72. The van der Waals surface area contributed by atoms with Crippen LogP contribution in [0.15, 0.2) is 29.4 Å². The first-order chi connectivity index (χ1) is 13.0. The average Bonchev–Trinajstić information content (AvgIpc) is 3.38. The Morgan fingerprint density at radius 1 is 1.19 bits per heavy atom. The second-order valence-electron chi connectivity index (χ2n) is 7.12. The van der Waals surface area contributed by atoms with Crippen LogP contribution in [0.5, 0.6) is 0 Å². The van der Waals surface area contributed by atoms with Gasteiger partial charge in [-0.2, -0.15) is 0 Å². The summed E-state index contributed by atoms with van der Waals surface area (Å²) < 4.78 is 46.6. The van der Waals surface area contributed by atoms with E-state index in [-0.39, 0.29) is 23.1 Å². The molecule has 0 aliphatic carbocycles. The van der Waals surface area contributed by atoms with E-state index in [4.69, 9.17) is 4.74 Å². The van der Waals surface area contributed by atoms with Crippen molar-refractivity contribution in [3.05, 3.63) is 41.5 Å². The van der Waals surface area contributed by atoms with Gasteiger partial charge >= 0.3 is 0 Å². The van der Waals surface area contributed by atoms with E-state index in [2.05, 4.69) is 15.5 Å². The van der Waals surface area contributed by atoms with Crippen LogP contribution in [0.1, 0.15) is 43.1 Å². The Labute approximate surface area is 157 Å². The molecule has 2 unspecified atom stereocenters. The number of benzene rings is 1. The van der Waals surface area contributed by atoms with Crippen LogP contribution in [0.2, 0.25) is 0 Å². The zero-order chi connectivity index (χ0) is 18.9. The van der Waals surface area contributed by atoms with Crippen LogP contribution in [0.4, 0.5) is 4.39 Å². The van der Waals surface area contributed by atoms with Crippen molar-refractivity contribution in [1.82, 2.24) is 20.1 Å². The molecule has 0 spiro atoms. The molecule has 1 aromatic heterocycles. The summed E-state index contributed by atoms with van der Waals surface area (Å²) in [5, 5.41) is 11.6. The number of nitrogens with zero attached hydrogens (tertiary/aromatic N) is 3. The van der Waals surface area contributed by atoms with Gasteiger partial charge in [0.25, 0.3) is 0 Å². The highest BCUT2D eigenvalue weighted by Gasteiger charge is 2.31. The van der Waals surface area contributed by atoms with Crippen molar-refractivity contribution in [2.45, 2.75) is 55.3 Å². The maximum atomic E-state index is 13.1. The van der Waals surface area contributed by atoms with Crippen molar-refractivity contribution in [2.75, 3.05) is 13.2 Å². The molecule has 2 aromatic rings. The molecule has 9 heteroatoms. The molecule has 146 valence electrons. The Balaban J connectivity index is 1.66. The summed E-state index contributed by atoms with van der Waals surface area (Å²) in [4.78, 5) is 0. The number of halogens is 1. The summed E-state index contributed by atoms with van der Waals surface area (Å²) in [6.45, 7) is 2.01. The highest BCUT2D eigenvalue weighted by Crippen LogP contribution is 2.27. The number of hydrogen-bond donors (Lipinski definition) is 1. The van der Waals surface area contributed by atoms with Gasteiger partial charge in [-0.15, -0.1) is 10.2 Å².